The van der Waals surface area contributed by atoms with E-state index in [1.165, 1.54) is 16.3 Å². The van der Waals surface area contributed by atoms with Crippen LogP contribution in [0.15, 0.2) is 95.0 Å². The van der Waals surface area contributed by atoms with Crippen LogP contribution in [0.1, 0.15) is 31.9 Å². The molecule has 1 aliphatic heterocycles. The second-order valence-corrected chi connectivity index (χ2v) is 13.0. The van der Waals surface area contributed by atoms with Gasteiger partial charge in [0, 0.05) is 30.4 Å². The summed E-state index contributed by atoms with van der Waals surface area (Å²) in [6.45, 7) is 8.07. The molecule has 2 aromatic heterocycles. The van der Waals surface area contributed by atoms with Crippen LogP contribution in [0.2, 0.25) is 0 Å². The van der Waals surface area contributed by atoms with Gasteiger partial charge in [-0.2, -0.15) is 0 Å². The average Bonchev–Trinajstić information content (AvgIpc) is 3.06. The van der Waals surface area contributed by atoms with Gasteiger partial charge in [0.05, 0.1) is 17.1 Å². The molecule has 6 rings (SSSR count). The van der Waals surface area contributed by atoms with E-state index < -0.39 is 17.8 Å². The molecule has 0 spiro atoms. The van der Waals surface area contributed by atoms with Crippen LogP contribution in [0.4, 0.5) is 32.3 Å². The molecular weight excluding hydrogens is 629 g/mol. The number of para-hydroxylation sites is 1. The first-order chi connectivity index (χ1) is 23.0. The number of aryl methyl sites for hydroxylation is 1. The molecule has 0 atom stereocenters. The molecule has 0 radical (unpaired) electrons. The van der Waals surface area contributed by atoms with Gasteiger partial charge in [0.25, 0.3) is 5.56 Å². The Balaban J connectivity index is 1.42. The fourth-order valence-corrected chi connectivity index (χ4v) is 5.95. The Kier molecular flexibility index (Phi) is 9.09. The number of hydrogen-bond donors (Lipinski definition) is 1. The number of ether oxygens (including phenoxy) is 2. The summed E-state index contributed by atoms with van der Waals surface area (Å²) in [7, 11) is 0. The molecule has 0 fully saturated rings. The lowest BCUT2D eigenvalue weighted by Crippen LogP contribution is -2.44. The van der Waals surface area contributed by atoms with Crippen LogP contribution in [-0.4, -0.2) is 51.7 Å². The number of pyridine rings is 1. The predicted molar refractivity (Wildman–Crippen MR) is 189 cm³/mol. The fourth-order valence-electron chi connectivity index (χ4n) is 5.62. The van der Waals surface area contributed by atoms with Crippen molar-refractivity contribution in [1.82, 2.24) is 14.5 Å². The first-order valence-electron chi connectivity index (χ1n) is 15.4. The summed E-state index contributed by atoms with van der Waals surface area (Å²) in [6.07, 6.45) is 2.50. The summed E-state index contributed by atoms with van der Waals surface area (Å²) in [5, 5.41) is 3.91. The number of carbonyl (C=O) groups is 2. The molecule has 48 heavy (non-hydrogen) atoms. The zero-order chi connectivity index (χ0) is 34.0. The maximum absolute atomic E-state index is 14.6. The molecule has 0 saturated heterocycles. The van der Waals surface area contributed by atoms with E-state index in [9.17, 15) is 14.4 Å². The number of carbonyl (C=O) groups excluding carboxylic acids is 2. The maximum atomic E-state index is 14.6. The first kappa shape index (κ1) is 32.6. The molecule has 1 N–H and O–H groups in total. The second-order valence-electron chi connectivity index (χ2n) is 12.3. The van der Waals surface area contributed by atoms with Gasteiger partial charge in [-0.1, -0.05) is 60.3 Å². The van der Waals surface area contributed by atoms with E-state index in [0.717, 1.165) is 11.1 Å². The smallest absolute Gasteiger partial charge is 0.414 e. The van der Waals surface area contributed by atoms with Crippen molar-refractivity contribution in [2.45, 2.75) is 45.1 Å². The van der Waals surface area contributed by atoms with Gasteiger partial charge in [0.1, 0.15) is 17.9 Å². The molecule has 3 heterocycles. The van der Waals surface area contributed by atoms with Gasteiger partial charge in [-0.05, 0) is 75.4 Å². The van der Waals surface area contributed by atoms with E-state index in [4.69, 9.17) is 14.5 Å². The van der Waals surface area contributed by atoms with Gasteiger partial charge in [0.2, 0.25) is 0 Å². The number of thioether (sulfide) groups is 1. The third-order valence-electron chi connectivity index (χ3n) is 7.67. The number of anilines is 4. The van der Waals surface area contributed by atoms with Gasteiger partial charge < -0.3 is 14.4 Å². The van der Waals surface area contributed by atoms with E-state index in [2.05, 4.69) is 10.3 Å². The number of hydrogen-bond acceptors (Lipinski definition) is 9. The van der Waals surface area contributed by atoms with Gasteiger partial charge in [0.15, 0.2) is 10.8 Å². The van der Waals surface area contributed by atoms with Crippen molar-refractivity contribution in [3.05, 3.63) is 107 Å². The van der Waals surface area contributed by atoms with Crippen molar-refractivity contribution in [2.24, 2.45) is 0 Å². The van der Waals surface area contributed by atoms with Gasteiger partial charge in [-0.15, -0.1) is 0 Å². The molecule has 12 heteroatoms. The summed E-state index contributed by atoms with van der Waals surface area (Å²) in [4.78, 5) is 53.3. The molecule has 0 bridgehead atoms. The van der Waals surface area contributed by atoms with Crippen LogP contribution in [0.3, 0.4) is 0 Å². The Labute approximate surface area is 282 Å². The van der Waals surface area contributed by atoms with Gasteiger partial charge in [-0.25, -0.2) is 19.6 Å². The van der Waals surface area contributed by atoms with Crippen LogP contribution in [0, 0.1) is 6.92 Å². The third kappa shape index (κ3) is 6.84. The summed E-state index contributed by atoms with van der Waals surface area (Å²) < 4.78 is 12.7. The maximum Gasteiger partial charge on any atom is 0.414 e. The minimum absolute atomic E-state index is 0.149. The highest BCUT2D eigenvalue weighted by Crippen LogP contribution is 2.40. The van der Waals surface area contributed by atoms with Crippen molar-refractivity contribution >= 4 is 57.7 Å². The lowest BCUT2D eigenvalue weighted by atomic mass is 10.1. The lowest BCUT2D eigenvalue weighted by Gasteiger charge is -2.38. The largest absolute Gasteiger partial charge is 0.444 e. The minimum atomic E-state index is -0.675. The van der Waals surface area contributed by atoms with Crippen molar-refractivity contribution in [2.75, 3.05) is 34.5 Å². The Morgan fingerprint density at radius 2 is 1.73 bits per heavy atom. The van der Waals surface area contributed by atoms with Gasteiger partial charge >= 0.3 is 12.2 Å². The zero-order valence-electron chi connectivity index (χ0n) is 27.4. The number of rotatable bonds is 6. The van der Waals surface area contributed by atoms with Crippen LogP contribution in [-0.2, 0) is 16.1 Å². The summed E-state index contributed by atoms with van der Waals surface area (Å²) in [6, 6.07) is 24.0. The SMILES string of the molecule is CSc1ncc2cc(N3CCN(C(=O)OCc4ccccc4)c4c(C)cccc43)c(=O)n(-c3cccc(NC(=O)OC(C)(C)C)c3)c2n1. The Bertz CT molecular complexity index is 2060. The molecule has 0 aliphatic carbocycles. The third-order valence-corrected chi connectivity index (χ3v) is 8.23. The number of benzene rings is 3. The van der Waals surface area contributed by atoms with Crippen molar-refractivity contribution in [3.8, 4) is 5.69 Å². The molecule has 5 aromatic rings. The summed E-state index contributed by atoms with van der Waals surface area (Å²) in [5.41, 5.74) is 3.89. The fraction of sp³-hybridized carbons (Fsp3) is 0.250. The van der Waals surface area contributed by atoms with Crippen LogP contribution in [0.5, 0.6) is 0 Å². The van der Waals surface area contributed by atoms with E-state index >= 15 is 0 Å². The second kappa shape index (κ2) is 13.4. The number of nitrogens with one attached hydrogen (secondary N) is 1. The summed E-state index contributed by atoms with van der Waals surface area (Å²) in [5.74, 6) is 0. The molecule has 2 amide bonds. The minimum Gasteiger partial charge on any atom is -0.444 e. The molecule has 246 valence electrons. The van der Waals surface area contributed by atoms with Crippen LogP contribution >= 0.6 is 11.8 Å². The van der Waals surface area contributed by atoms with Crippen LogP contribution in [0.25, 0.3) is 16.7 Å². The topological polar surface area (TPSA) is 119 Å². The predicted octanol–water partition coefficient (Wildman–Crippen LogP) is 7.45. The highest BCUT2D eigenvalue weighted by atomic mass is 32.2. The molecule has 11 nitrogen and oxygen atoms in total. The Morgan fingerprint density at radius 1 is 0.958 bits per heavy atom. The number of aromatic nitrogens is 3. The molecule has 3 aromatic carbocycles. The lowest BCUT2D eigenvalue weighted by molar-refractivity contribution is 0.0636. The Hall–Kier alpha value is -5.36. The van der Waals surface area contributed by atoms with E-state index in [-0.39, 0.29) is 12.2 Å². The van der Waals surface area contributed by atoms with Crippen molar-refractivity contribution < 1.29 is 19.1 Å². The zero-order valence-corrected chi connectivity index (χ0v) is 28.2. The van der Waals surface area contributed by atoms with Gasteiger partial charge in [-0.3, -0.25) is 19.6 Å². The highest BCUT2D eigenvalue weighted by molar-refractivity contribution is 7.98. The molecule has 0 saturated carbocycles. The number of fused-ring (bicyclic) bond motifs is 2. The number of nitrogens with zero attached hydrogens (tertiary/aromatic N) is 5. The monoisotopic (exact) mass is 664 g/mol. The van der Waals surface area contributed by atoms with E-state index in [0.29, 0.717) is 57.7 Å². The van der Waals surface area contributed by atoms with Crippen molar-refractivity contribution in [1.29, 1.82) is 0 Å². The molecular formula is C36H36N6O5S. The first-order valence-corrected chi connectivity index (χ1v) is 16.7. The quantitative estimate of drug-likeness (QED) is 0.146. The van der Waals surface area contributed by atoms with E-state index in [1.54, 1.807) is 62.2 Å². The van der Waals surface area contributed by atoms with Crippen molar-refractivity contribution in [3.63, 3.8) is 0 Å². The normalized spacial score (nSPS) is 12.9. The number of amides is 2. The standard InChI is InChI=1S/C36H36N6O5S/c1-23-11-9-16-28-30(23)41(35(45)46-22-24-12-7-6-8-13-24)18-17-40(28)29-19-25-21-37-33(48-5)39-31(25)42(32(29)43)27-15-10-14-26(20-27)38-34(44)47-36(2,3)4/h6-16,19-21H,17-18,22H2,1-5H3,(H,38,44). The summed E-state index contributed by atoms with van der Waals surface area (Å²) >= 11 is 1.37. The Morgan fingerprint density at radius 3 is 2.48 bits per heavy atom. The molecule has 1 aliphatic rings. The highest BCUT2D eigenvalue weighted by Gasteiger charge is 2.32. The van der Waals surface area contributed by atoms with E-state index in [1.807, 2.05) is 66.6 Å². The molecule has 0 unspecified atom stereocenters. The van der Waals surface area contributed by atoms with Crippen LogP contribution < -0.4 is 20.7 Å². The average molecular weight is 665 g/mol.